The van der Waals surface area contributed by atoms with E-state index in [0.29, 0.717) is 0 Å². The van der Waals surface area contributed by atoms with Crippen LogP contribution in [-0.4, -0.2) is 26.1 Å². The van der Waals surface area contributed by atoms with E-state index in [4.69, 9.17) is 5.11 Å². The van der Waals surface area contributed by atoms with E-state index < -0.39 is 5.97 Å². The van der Waals surface area contributed by atoms with E-state index in [2.05, 4.69) is 16.8 Å². The molecular weight excluding hydrogens is 206 g/mol. The minimum atomic E-state index is -1.09. The van der Waals surface area contributed by atoms with Crippen molar-refractivity contribution in [1.29, 1.82) is 0 Å². The third kappa shape index (κ3) is 2.91. The summed E-state index contributed by atoms with van der Waals surface area (Å²) in [7, 11) is 0. The van der Waals surface area contributed by atoms with E-state index in [1.165, 1.54) is 11.0 Å². The second kappa shape index (κ2) is 5.06. The molecule has 0 saturated carbocycles. The van der Waals surface area contributed by atoms with Crippen LogP contribution in [0.25, 0.3) is 5.70 Å². The molecule has 0 aromatic carbocycles. The molecule has 16 heavy (non-hydrogen) atoms. The third-order valence-electron chi connectivity index (χ3n) is 1.94. The first-order valence-corrected chi connectivity index (χ1v) is 4.68. The summed E-state index contributed by atoms with van der Waals surface area (Å²) in [5.74, 6) is -1.09. The van der Waals surface area contributed by atoms with Gasteiger partial charge in [0.25, 0.3) is 0 Å². The van der Waals surface area contributed by atoms with Gasteiger partial charge in [0, 0.05) is 0 Å². The van der Waals surface area contributed by atoms with E-state index >= 15 is 0 Å². The van der Waals surface area contributed by atoms with Gasteiger partial charge >= 0.3 is 5.97 Å². The number of allylic oxidation sites excluding steroid dienone is 5. The van der Waals surface area contributed by atoms with Gasteiger partial charge in [-0.15, -0.1) is 5.10 Å². The first-order chi connectivity index (χ1) is 7.54. The van der Waals surface area contributed by atoms with Gasteiger partial charge in [-0.05, 0) is 19.9 Å². The van der Waals surface area contributed by atoms with Crippen LogP contribution in [0.3, 0.4) is 0 Å². The van der Waals surface area contributed by atoms with Crippen molar-refractivity contribution in [2.24, 2.45) is 0 Å². The highest BCUT2D eigenvalue weighted by Gasteiger charge is 2.08. The molecule has 0 spiro atoms. The fourth-order valence-electron chi connectivity index (χ4n) is 0.918. The Bertz CT molecular complexity index is 469. The van der Waals surface area contributed by atoms with E-state index in [0.717, 1.165) is 11.3 Å². The molecule has 0 aliphatic rings. The Hall–Kier alpha value is -2.17. The molecule has 0 radical (unpaired) electrons. The highest BCUT2D eigenvalue weighted by atomic mass is 16.4. The highest BCUT2D eigenvalue weighted by Crippen LogP contribution is 2.03. The second-order valence-electron chi connectivity index (χ2n) is 3.25. The van der Waals surface area contributed by atoms with Gasteiger partial charge in [-0.3, -0.25) is 0 Å². The normalized spacial score (nSPS) is 12.6. The largest absolute Gasteiger partial charge is 0.476 e. The molecule has 1 aromatic heterocycles. The van der Waals surface area contributed by atoms with Crippen molar-refractivity contribution >= 4 is 11.7 Å². The van der Waals surface area contributed by atoms with Crippen LogP contribution in [0.15, 0.2) is 36.6 Å². The van der Waals surface area contributed by atoms with Crippen LogP contribution in [0.2, 0.25) is 0 Å². The summed E-state index contributed by atoms with van der Waals surface area (Å²) < 4.78 is 0. The van der Waals surface area contributed by atoms with E-state index in [1.807, 2.05) is 13.0 Å². The zero-order chi connectivity index (χ0) is 12.1. The SMILES string of the molecule is C=C/C(C)=C\C=C(/C)n1ncc(C(=O)O)n1. The summed E-state index contributed by atoms with van der Waals surface area (Å²) >= 11 is 0. The van der Waals surface area contributed by atoms with E-state index in [1.54, 1.807) is 19.1 Å². The number of nitrogens with zero attached hydrogens (tertiary/aromatic N) is 3. The Morgan fingerprint density at radius 3 is 2.69 bits per heavy atom. The summed E-state index contributed by atoms with van der Waals surface area (Å²) in [4.78, 5) is 11.9. The van der Waals surface area contributed by atoms with Crippen molar-refractivity contribution in [2.45, 2.75) is 13.8 Å². The van der Waals surface area contributed by atoms with Crippen LogP contribution < -0.4 is 0 Å². The highest BCUT2D eigenvalue weighted by molar-refractivity contribution is 5.84. The van der Waals surface area contributed by atoms with Crippen LogP contribution >= 0.6 is 0 Å². The zero-order valence-corrected chi connectivity index (χ0v) is 9.21. The maximum Gasteiger partial charge on any atom is 0.358 e. The zero-order valence-electron chi connectivity index (χ0n) is 9.21. The van der Waals surface area contributed by atoms with Crippen LogP contribution in [-0.2, 0) is 0 Å². The average molecular weight is 219 g/mol. The first-order valence-electron chi connectivity index (χ1n) is 4.68. The smallest absolute Gasteiger partial charge is 0.358 e. The Kier molecular flexibility index (Phi) is 3.77. The van der Waals surface area contributed by atoms with Crippen molar-refractivity contribution in [3.05, 3.63) is 42.3 Å². The molecule has 1 aromatic rings. The molecule has 0 bridgehead atoms. The lowest BCUT2D eigenvalue weighted by atomic mass is 10.2. The minimum absolute atomic E-state index is 0.0721. The number of carboxylic acid groups (broad SMARTS) is 1. The van der Waals surface area contributed by atoms with Crippen molar-refractivity contribution in [3.63, 3.8) is 0 Å². The Labute approximate surface area is 93.4 Å². The Balaban J connectivity index is 2.92. The standard InChI is InChI=1S/C11H13N3O2/c1-4-8(2)5-6-9(3)14-12-7-10(13-14)11(15)16/h4-7H,1H2,2-3H3,(H,15,16)/b8-5-,9-6+. The van der Waals surface area contributed by atoms with Crippen LogP contribution in [0.5, 0.6) is 0 Å². The number of hydrogen-bond donors (Lipinski definition) is 1. The Morgan fingerprint density at radius 1 is 1.50 bits per heavy atom. The lowest BCUT2D eigenvalue weighted by Crippen LogP contribution is -2.01. The fraction of sp³-hybridized carbons (Fsp3) is 0.182. The quantitative estimate of drug-likeness (QED) is 0.786. The van der Waals surface area contributed by atoms with Crippen LogP contribution in [0.4, 0.5) is 0 Å². The third-order valence-corrected chi connectivity index (χ3v) is 1.94. The molecule has 0 atom stereocenters. The number of carboxylic acids is 1. The van der Waals surface area contributed by atoms with Crippen molar-refractivity contribution < 1.29 is 9.90 Å². The van der Waals surface area contributed by atoms with E-state index in [-0.39, 0.29) is 5.69 Å². The number of aromatic carboxylic acids is 1. The summed E-state index contributed by atoms with van der Waals surface area (Å²) in [6, 6.07) is 0. The monoisotopic (exact) mass is 219 g/mol. The fourth-order valence-corrected chi connectivity index (χ4v) is 0.918. The summed E-state index contributed by atoms with van der Waals surface area (Å²) in [6.07, 6.45) is 6.58. The molecule has 1 rings (SSSR count). The second-order valence-corrected chi connectivity index (χ2v) is 3.25. The van der Waals surface area contributed by atoms with Crippen molar-refractivity contribution in [1.82, 2.24) is 15.0 Å². The summed E-state index contributed by atoms with van der Waals surface area (Å²) in [5, 5.41) is 16.3. The molecule has 5 heteroatoms. The van der Waals surface area contributed by atoms with E-state index in [9.17, 15) is 4.79 Å². The molecule has 84 valence electrons. The van der Waals surface area contributed by atoms with Gasteiger partial charge in [-0.25, -0.2) is 4.79 Å². The molecule has 0 unspecified atom stereocenters. The van der Waals surface area contributed by atoms with Crippen LogP contribution in [0, 0.1) is 0 Å². The molecule has 0 amide bonds. The minimum Gasteiger partial charge on any atom is -0.476 e. The molecule has 0 aliphatic carbocycles. The predicted molar refractivity (Wildman–Crippen MR) is 60.9 cm³/mol. The molecule has 1 heterocycles. The molecular formula is C11H13N3O2. The van der Waals surface area contributed by atoms with Crippen molar-refractivity contribution in [2.75, 3.05) is 0 Å². The predicted octanol–water partition coefficient (Wildman–Crippen LogP) is 1.97. The summed E-state index contributed by atoms with van der Waals surface area (Å²) in [5.41, 5.74) is 1.66. The maximum atomic E-state index is 10.6. The number of hydrogen-bond acceptors (Lipinski definition) is 3. The van der Waals surface area contributed by atoms with Crippen molar-refractivity contribution in [3.8, 4) is 0 Å². The van der Waals surface area contributed by atoms with Gasteiger partial charge in [0.05, 0.1) is 11.9 Å². The number of aromatic nitrogens is 3. The molecule has 0 fully saturated rings. The summed E-state index contributed by atoms with van der Waals surface area (Å²) in [6.45, 7) is 7.33. The van der Waals surface area contributed by atoms with Gasteiger partial charge < -0.3 is 5.11 Å². The molecule has 0 aliphatic heterocycles. The van der Waals surface area contributed by atoms with Gasteiger partial charge in [0.2, 0.25) is 0 Å². The Morgan fingerprint density at radius 2 is 2.19 bits per heavy atom. The molecule has 0 saturated heterocycles. The van der Waals surface area contributed by atoms with Gasteiger partial charge in [-0.2, -0.15) is 9.90 Å². The number of rotatable bonds is 4. The molecule has 1 N–H and O–H groups in total. The van der Waals surface area contributed by atoms with Crippen LogP contribution in [0.1, 0.15) is 24.3 Å². The van der Waals surface area contributed by atoms with Gasteiger partial charge in [-0.1, -0.05) is 24.3 Å². The number of carbonyl (C=O) groups is 1. The maximum absolute atomic E-state index is 10.6. The topological polar surface area (TPSA) is 68.0 Å². The average Bonchev–Trinajstić information content (AvgIpc) is 2.74. The van der Waals surface area contributed by atoms with Gasteiger partial charge in [0.15, 0.2) is 5.69 Å². The van der Waals surface area contributed by atoms with Gasteiger partial charge in [0.1, 0.15) is 0 Å². The molecule has 5 nitrogen and oxygen atoms in total. The lowest BCUT2D eigenvalue weighted by molar-refractivity contribution is 0.0690. The lowest BCUT2D eigenvalue weighted by Gasteiger charge is -1.96. The first kappa shape index (κ1) is 11.9.